The Bertz CT molecular complexity index is 1130. The molecule has 2 aromatic carbocycles. The van der Waals surface area contributed by atoms with Crippen LogP contribution in [0.1, 0.15) is 12.5 Å². The number of carbonyl (C=O) groups is 4. The molecule has 178 valence electrons. The first kappa shape index (κ1) is 25.1. The molecule has 11 heteroatoms. The SMILES string of the molecule is CCOC(=O)COc1ccc(/C=C2\SC(=O)N(CC(=O)Nc3ccc(OC)c(Cl)c3)C2=O)cc1. The van der Waals surface area contributed by atoms with Gasteiger partial charge in [-0.2, -0.15) is 0 Å². The zero-order valence-electron chi connectivity index (χ0n) is 18.3. The molecule has 0 atom stereocenters. The highest BCUT2D eigenvalue weighted by atomic mass is 35.5. The van der Waals surface area contributed by atoms with Gasteiger partial charge in [0.15, 0.2) is 6.61 Å². The maximum atomic E-state index is 12.7. The molecule has 1 saturated heterocycles. The second-order valence-electron chi connectivity index (χ2n) is 6.83. The molecule has 0 saturated carbocycles. The van der Waals surface area contributed by atoms with Gasteiger partial charge in [-0.1, -0.05) is 23.7 Å². The third kappa shape index (κ3) is 6.52. The predicted octanol–water partition coefficient (Wildman–Crippen LogP) is 3.97. The van der Waals surface area contributed by atoms with Crippen LogP contribution in [0.25, 0.3) is 6.08 Å². The summed E-state index contributed by atoms with van der Waals surface area (Å²) in [6.07, 6.45) is 1.54. The number of esters is 1. The quantitative estimate of drug-likeness (QED) is 0.403. The van der Waals surface area contributed by atoms with Gasteiger partial charge in [-0.3, -0.25) is 19.3 Å². The summed E-state index contributed by atoms with van der Waals surface area (Å²) in [5.74, 6) is -0.684. The molecule has 0 unspecified atom stereocenters. The van der Waals surface area contributed by atoms with E-state index >= 15 is 0 Å². The maximum Gasteiger partial charge on any atom is 0.344 e. The summed E-state index contributed by atoms with van der Waals surface area (Å²) in [7, 11) is 1.47. The number of nitrogens with one attached hydrogen (secondary N) is 1. The summed E-state index contributed by atoms with van der Waals surface area (Å²) in [5.41, 5.74) is 1.05. The Morgan fingerprint density at radius 1 is 1.15 bits per heavy atom. The number of nitrogens with zero attached hydrogens (tertiary/aromatic N) is 1. The number of hydrogen-bond acceptors (Lipinski definition) is 8. The number of benzene rings is 2. The predicted molar refractivity (Wildman–Crippen MR) is 128 cm³/mol. The Labute approximate surface area is 205 Å². The van der Waals surface area contributed by atoms with Gasteiger partial charge in [-0.15, -0.1) is 0 Å². The summed E-state index contributed by atoms with van der Waals surface area (Å²) < 4.78 is 15.2. The second-order valence-corrected chi connectivity index (χ2v) is 8.23. The van der Waals surface area contributed by atoms with E-state index in [0.29, 0.717) is 27.8 Å². The first-order valence-corrected chi connectivity index (χ1v) is 11.3. The summed E-state index contributed by atoms with van der Waals surface area (Å²) in [4.78, 5) is 49.8. The van der Waals surface area contributed by atoms with Crippen LogP contribution in [0, 0.1) is 0 Å². The zero-order valence-corrected chi connectivity index (χ0v) is 19.9. The average Bonchev–Trinajstić information content (AvgIpc) is 3.06. The number of hydrogen-bond donors (Lipinski definition) is 1. The van der Waals surface area contributed by atoms with E-state index in [1.165, 1.54) is 13.2 Å². The highest BCUT2D eigenvalue weighted by molar-refractivity contribution is 8.18. The number of imide groups is 1. The molecule has 9 nitrogen and oxygen atoms in total. The van der Waals surface area contributed by atoms with Gasteiger partial charge in [0.05, 0.1) is 23.6 Å². The smallest absolute Gasteiger partial charge is 0.344 e. The van der Waals surface area contributed by atoms with Crippen molar-refractivity contribution in [1.29, 1.82) is 0 Å². The van der Waals surface area contributed by atoms with Crippen LogP contribution >= 0.6 is 23.4 Å². The van der Waals surface area contributed by atoms with E-state index in [0.717, 1.165) is 16.7 Å². The Morgan fingerprint density at radius 2 is 1.88 bits per heavy atom. The van der Waals surface area contributed by atoms with Crippen molar-refractivity contribution in [2.45, 2.75) is 6.92 Å². The van der Waals surface area contributed by atoms with E-state index in [2.05, 4.69) is 5.32 Å². The monoisotopic (exact) mass is 504 g/mol. The number of amides is 3. The molecule has 1 heterocycles. The lowest BCUT2D eigenvalue weighted by Crippen LogP contribution is -2.36. The van der Waals surface area contributed by atoms with Crippen molar-refractivity contribution >= 4 is 58.1 Å². The first-order chi connectivity index (χ1) is 16.3. The van der Waals surface area contributed by atoms with Gasteiger partial charge in [-0.05, 0) is 60.7 Å². The lowest BCUT2D eigenvalue weighted by atomic mass is 10.2. The second kappa shape index (κ2) is 11.6. The molecule has 3 rings (SSSR count). The molecule has 1 N–H and O–H groups in total. The summed E-state index contributed by atoms with van der Waals surface area (Å²) in [6, 6.07) is 11.3. The van der Waals surface area contributed by atoms with Crippen molar-refractivity contribution in [1.82, 2.24) is 4.90 Å². The molecule has 0 aliphatic carbocycles. The number of anilines is 1. The minimum absolute atomic E-state index is 0.186. The van der Waals surface area contributed by atoms with Crippen molar-refractivity contribution in [2.75, 3.05) is 32.2 Å². The number of rotatable bonds is 9. The van der Waals surface area contributed by atoms with Crippen molar-refractivity contribution in [3.63, 3.8) is 0 Å². The van der Waals surface area contributed by atoms with Gasteiger partial charge in [0.25, 0.3) is 11.1 Å². The minimum Gasteiger partial charge on any atom is -0.495 e. The number of ether oxygens (including phenoxy) is 3. The van der Waals surface area contributed by atoms with Crippen LogP contribution in [0.4, 0.5) is 10.5 Å². The third-order valence-corrected chi connectivity index (χ3v) is 5.65. The molecule has 1 aliphatic heterocycles. The summed E-state index contributed by atoms with van der Waals surface area (Å²) in [5, 5.41) is 2.36. The fourth-order valence-corrected chi connectivity index (χ4v) is 3.98. The topological polar surface area (TPSA) is 111 Å². The van der Waals surface area contributed by atoms with Crippen LogP contribution < -0.4 is 14.8 Å². The Hall–Kier alpha value is -3.50. The van der Waals surface area contributed by atoms with E-state index in [1.54, 1.807) is 49.4 Å². The number of carbonyl (C=O) groups excluding carboxylic acids is 4. The highest BCUT2D eigenvalue weighted by Crippen LogP contribution is 2.32. The standard InChI is InChI=1S/C23H21ClN2O7S/c1-3-32-21(28)13-33-16-7-4-14(5-8-16)10-19-22(29)26(23(30)34-19)12-20(27)25-15-6-9-18(31-2)17(24)11-15/h4-11H,3,12-13H2,1-2H3,(H,25,27)/b19-10-. The zero-order chi connectivity index (χ0) is 24.7. The van der Waals surface area contributed by atoms with Crippen LogP contribution in [0.15, 0.2) is 47.4 Å². The maximum absolute atomic E-state index is 12.7. The normalized spacial score (nSPS) is 14.3. The van der Waals surface area contributed by atoms with Crippen molar-refractivity contribution in [2.24, 2.45) is 0 Å². The minimum atomic E-state index is -0.569. The first-order valence-electron chi connectivity index (χ1n) is 10.1. The number of methoxy groups -OCH3 is 1. The van der Waals surface area contributed by atoms with Crippen LogP contribution in [0.3, 0.4) is 0 Å². The van der Waals surface area contributed by atoms with Gasteiger partial charge >= 0.3 is 5.97 Å². The van der Waals surface area contributed by atoms with Gasteiger partial charge in [0, 0.05) is 5.69 Å². The molecule has 0 bridgehead atoms. The van der Waals surface area contributed by atoms with Crippen LogP contribution in [0.5, 0.6) is 11.5 Å². The summed E-state index contributed by atoms with van der Waals surface area (Å²) in [6.45, 7) is 1.33. The van der Waals surface area contributed by atoms with Crippen molar-refractivity contribution in [3.05, 3.63) is 58.0 Å². The largest absolute Gasteiger partial charge is 0.495 e. The molecule has 2 aromatic rings. The van der Waals surface area contributed by atoms with Gasteiger partial charge < -0.3 is 19.5 Å². The van der Waals surface area contributed by atoms with E-state index in [1.807, 2.05) is 0 Å². The molecule has 0 aromatic heterocycles. The highest BCUT2D eigenvalue weighted by Gasteiger charge is 2.36. The average molecular weight is 505 g/mol. The molecule has 3 amide bonds. The number of thioether (sulfide) groups is 1. The van der Waals surface area contributed by atoms with E-state index in [-0.39, 0.29) is 18.1 Å². The van der Waals surface area contributed by atoms with Gasteiger partial charge in [0.1, 0.15) is 18.0 Å². The molecule has 34 heavy (non-hydrogen) atoms. The Kier molecular flexibility index (Phi) is 8.55. The fourth-order valence-electron chi connectivity index (χ4n) is 2.88. The molecule has 0 spiro atoms. The molecular formula is C23H21ClN2O7S. The van der Waals surface area contributed by atoms with Crippen LogP contribution in [-0.4, -0.2) is 54.8 Å². The Morgan fingerprint density at radius 3 is 2.53 bits per heavy atom. The number of halogens is 1. The molecular weight excluding hydrogens is 484 g/mol. The van der Waals surface area contributed by atoms with E-state index in [9.17, 15) is 19.2 Å². The van der Waals surface area contributed by atoms with Crippen molar-refractivity contribution in [3.8, 4) is 11.5 Å². The molecule has 1 aliphatic rings. The fraction of sp³-hybridized carbons (Fsp3) is 0.217. The van der Waals surface area contributed by atoms with E-state index in [4.69, 9.17) is 25.8 Å². The lowest BCUT2D eigenvalue weighted by Gasteiger charge is -2.13. The Balaban J connectivity index is 1.59. The van der Waals surface area contributed by atoms with Gasteiger partial charge in [0.2, 0.25) is 5.91 Å². The van der Waals surface area contributed by atoms with E-state index < -0.39 is 29.6 Å². The molecule has 1 fully saturated rings. The van der Waals surface area contributed by atoms with Crippen molar-refractivity contribution < 1.29 is 33.4 Å². The lowest BCUT2D eigenvalue weighted by molar-refractivity contribution is -0.145. The summed E-state index contributed by atoms with van der Waals surface area (Å²) >= 11 is 6.79. The third-order valence-electron chi connectivity index (χ3n) is 4.45. The van der Waals surface area contributed by atoms with Gasteiger partial charge in [-0.25, -0.2) is 4.79 Å². The van der Waals surface area contributed by atoms with Crippen LogP contribution in [-0.2, 0) is 19.1 Å². The van der Waals surface area contributed by atoms with Crippen LogP contribution in [0.2, 0.25) is 5.02 Å². The molecule has 0 radical (unpaired) electrons.